The second-order valence-corrected chi connectivity index (χ2v) is 5.67. The van der Waals surface area contributed by atoms with Gasteiger partial charge in [-0.3, -0.25) is 14.6 Å². The molecule has 1 N–H and O–H groups in total. The normalized spacial score (nSPS) is 19.8. The number of nitrogens with zero attached hydrogens (tertiary/aromatic N) is 2. The Balaban J connectivity index is 1.94. The van der Waals surface area contributed by atoms with Crippen molar-refractivity contribution in [3.63, 3.8) is 0 Å². The maximum atomic E-state index is 12.7. The molecule has 0 bridgehead atoms. The van der Waals surface area contributed by atoms with Gasteiger partial charge in [0.25, 0.3) is 17.4 Å². The van der Waals surface area contributed by atoms with Crippen LogP contribution in [0.2, 0.25) is 0 Å². The van der Waals surface area contributed by atoms with Crippen molar-refractivity contribution in [2.45, 2.75) is 19.4 Å². The monoisotopic (exact) mass is 311 g/mol. The fourth-order valence-corrected chi connectivity index (χ4v) is 2.50. The summed E-state index contributed by atoms with van der Waals surface area (Å²) >= 11 is 0. The fraction of sp³-hybridized carbons (Fsp3) is 0.235. The van der Waals surface area contributed by atoms with Crippen LogP contribution in [0.25, 0.3) is 0 Å². The van der Waals surface area contributed by atoms with Gasteiger partial charge in [-0.05, 0) is 43.7 Å². The summed E-state index contributed by atoms with van der Waals surface area (Å²) in [5.74, 6) is -0.452. The molecule has 0 saturated carbocycles. The van der Waals surface area contributed by atoms with Crippen LogP contribution in [0.1, 0.15) is 12.5 Å². The number of anilines is 2. The molecule has 2 heterocycles. The molecule has 23 heavy (non-hydrogen) atoms. The molecule has 6 nitrogen and oxygen atoms in total. The highest BCUT2D eigenvalue weighted by molar-refractivity contribution is 6.19. The third-order valence-corrected chi connectivity index (χ3v) is 3.86. The zero-order chi connectivity index (χ0) is 16.6. The van der Waals surface area contributed by atoms with Crippen LogP contribution >= 0.6 is 0 Å². The van der Waals surface area contributed by atoms with Gasteiger partial charge >= 0.3 is 0 Å². The fourth-order valence-electron chi connectivity index (χ4n) is 2.50. The highest BCUT2D eigenvalue weighted by Gasteiger charge is 2.49. The van der Waals surface area contributed by atoms with E-state index in [0.29, 0.717) is 17.1 Å². The molecule has 0 radical (unpaired) electrons. The Bertz CT molecular complexity index is 776. The van der Waals surface area contributed by atoms with Crippen LogP contribution in [-0.4, -0.2) is 29.4 Å². The number of likely N-dealkylation sites (N-methyl/N-ethyl adjacent to an activating group) is 1. The first-order valence-electron chi connectivity index (χ1n) is 7.21. The molecule has 3 rings (SSSR count). The number of carbonyl (C=O) groups is 2. The van der Waals surface area contributed by atoms with Crippen LogP contribution in [0.5, 0.6) is 5.75 Å². The van der Waals surface area contributed by atoms with Gasteiger partial charge in [-0.1, -0.05) is 6.07 Å². The number of hydrogen-bond donors (Lipinski definition) is 1. The summed E-state index contributed by atoms with van der Waals surface area (Å²) in [5.41, 5.74) is 0.539. The lowest BCUT2D eigenvalue weighted by Gasteiger charge is -2.38. The summed E-state index contributed by atoms with van der Waals surface area (Å²) in [4.78, 5) is 30.7. The number of rotatable bonds is 2. The van der Waals surface area contributed by atoms with Crippen molar-refractivity contribution in [2.24, 2.45) is 0 Å². The lowest BCUT2D eigenvalue weighted by Crippen LogP contribution is -2.59. The molecule has 0 spiro atoms. The van der Waals surface area contributed by atoms with E-state index in [9.17, 15) is 9.59 Å². The molecule has 0 saturated heterocycles. The minimum Gasteiger partial charge on any atom is -0.465 e. The second-order valence-electron chi connectivity index (χ2n) is 5.67. The molecular formula is C17H17N3O3. The summed E-state index contributed by atoms with van der Waals surface area (Å²) < 4.78 is 5.77. The van der Waals surface area contributed by atoms with Crippen LogP contribution < -0.4 is 15.0 Å². The van der Waals surface area contributed by atoms with Gasteiger partial charge in [0.1, 0.15) is 5.75 Å². The maximum Gasteiger partial charge on any atom is 0.280 e. The molecule has 2 amide bonds. The van der Waals surface area contributed by atoms with Gasteiger partial charge in [-0.15, -0.1) is 0 Å². The van der Waals surface area contributed by atoms with Crippen molar-refractivity contribution in [1.82, 2.24) is 4.98 Å². The lowest BCUT2D eigenvalue weighted by atomic mass is 9.99. The third-order valence-electron chi connectivity index (χ3n) is 3.86. The summed E-state index contributed by atoms with van der Waals surface area (Å²) in [5, 5.41) is 2.67. The molecule has 1 aliphatic heterocycles. The number of carbonyl (C=O) groups excluding carboxylic acids is 2. The Morgan fingerprint density at radius 1 is 1.35 bits per heavy atom. The van der Waals surface area contributed by atoms with Gasteiger partial charge in [0.15, 0.2) is 0 Å². The Morgan fingerprint density at radius 3 is 2.83 bits per heavy atom. The van der Waals surface area contributed by atoms with Crippen LogP contribution in [0.3, 0.4) is 0 Å². The summed E-state index contributed by atoms with van der Waals surface area (Å²) in [6, 6.07) is 8.89. The van der Waals surface area contributed by atoms with E-state index in [2.05, 4.69) is 10.3 Å². The number of pyridine rings is 1. The van der Waals surface area contributed by atoms with Gasteiger partial charge in [0.2, 0.25) is 0 Å². The van der Waals surface area contributed by atoms with Crippen molar-refractivity contribution >= 4 is 23.2 Å². The number of benzene rings is 1. The molecule has 2 aromatic rings. The van der Waals surface area contributed by atoms with Crippen molar-refractivity contribution in [2.75, 3.05) is 17.3 Å². The molecular weight excluding hydrogens is 294 g/mol. The number of hydrogen-bond acceptors (Lipinski definition) is 4. The zero-order valence-corrected chi connectivity index (χ0v) is 13.2. The Hall–Kier alpha value is -2.89. The predicted molar refractivity (Wildman–Crippen MR) is 86.5 cm³/mol. The Morgan fingerprint density at radius 2 is 2.13 bits per heavy atom. The first kappa shape index (κ1) is 15.0. The van der Waals surface area contributed by atoms with E-state index >= 15 is 0 Å². The van der Waals surface area contributed by atoms with Crippen LogP contribution in [-0.2, 0) is 9.59 Å². The number of nitrogens with one attached hydrogen (secondary N) is 1. The van der Waals surface area contributed by atoms with Crippen molar-refractivity contribution in [1.29, 1.82) is 0 Å². The van der Waals surface area contributed by atoms with Gasteiger partial charge in [0.05, 0.1) is 17.6 Å². The van der Waals surface area contributed by atoms with E-state index in [1.807, 2.05) is 19.1 Å². The minimum absolute atomic E-state index is 0.419. The maximum absolute atomic E-state index is 12.7. The van der Waals surface area contributed by atoms with Crippen LogP contribution in [0.4, 0.5) is 11.4 Å². The van der Waals surface area contributed by atoms with E-state index in [4.69, 9.17) is 4.74 Å². The third kappa shape index (κ3) is 2.52. The molecule has 1 atom stereocenters. The van der Waals surface area contributed by atoms with E-state index in [1.165, 1.54) is 18.0 Å². The number of aromatic nitrogens is 1. The SMILES string of the molecule is Cc1ccc2c(c1)N(C)C(=O)C(C)(C(=O)Nc1cccnc1)O2. The predicted octanol–water partition coefficient (Wildman–Crippen LogP) is 2.14. The van der Waals surface area contributed by atoms with Gasteiger partial charge < -0.3 is 15.0 Å². The Kier molecular flexibility index (Phi) is 3.52. The van der Waals surface area contributed by atoms with E-state index < -0.39 is 17.4 Å². The van der Waals surface area contributed by atoms with Crippen molar-refractivity contribution in [3.8, 4) is 5.75 Å². The molecule has 1 aliphatic rings. The topological polar surface area (TPSA) is 71.5 Å². The van der Waals surface area contributed by atoms with Crippen LogP contribution in [0.15, 0.2) is 42.7 Å². The van der Waals surface area contributed by atoms with E-state index in [-0.39, 0.29) is 0 Å². The number of ether oxygens (including phenoxy) is 1. The van der Waals surface area contributed by atoms with Crippen molar-refractivity contribution < 1.29 is 14.3 Å². The zero-order valence-electron chi connectivity index (χ0n) is 13.2. The van der Waals surface area contributed by atoms with Crippen molar-refractivity contribution in [3.05, 3.63) is 48.3 Å². The minimum atomic E-state index is -1.63. The molecule has 0 aliphatic carbocycles. The first-order valence-corrected chi connectivity index (χ1v) is 7.21. The van der Waals surface area contributed by atoms with E-state index in [1.54, 1.807) is 31.4 Å². The molecule has 118 valence electrons. The Labute approximate surface area is 134 Å². The summed E-state index contributed by atoms with van der Waals surface area (Å²) in [6.45, 7) is 3.40. The first-order chi connectivity index (χ1) is 10.9. The lowest BCUT2D eigenvalue weighted by molar-refractivity contribution is -0.144. The average Bonchev–Trinajstić information content (AvgIpc) is 2.54. The van der Waals surface area contributed by atoms with Gasteiger partial charge in [0, 0.05) is 13.2 Å². The largest absolute Gasteiger partial charge is 0.465 e. The molecule has 1 aromatic carbocycles. The molecule has 0 fully saturated rings. The number of amides is 2. The molecule has 1 aromatic heterocycles. The van der Waals surface area contributed by atoms with Gasteiger partial charge in [-0.25, -0.2) is 0 Å². The smallest absolute Gasteiger partial charge is 0.280 e. The number of aryl methyl sites for hydroxylation is 1. The highest BCUT2D eigenvalue weighted by Crippen LogP contribution is 2.38. The van der Waals surface area contributed by atoms with E-state index in [0.717, 1.165) is 5.56 Å². The highest BCUT2D eigenvalue weighted by atomic mass is 16.5. The number of fused-ring (bicyclic) bond motifs is 1. The van der Waals surface area contributed by atoms with Crippen LogP contribution in [0, 0.1) is 6.92 Å². The summed E-state index contributed by atoms with van der Waals surface area (Å²) in [7, 11) is 1.64. The average molecular weight is 311 g/mol. The quantitative estimate of drug-likeness (QED) is 0.863. The summed E-state index contributed by atoms with van der Waals surface area (Å²) in [6.07, 6.45) is 3.11. The molecule has 6 heteroatoms. The molecule has 1 unspecified atom stereocenters. The second kappa shape index (κ2) is 5.39. The standard InChI is InChI=1S/C17H17N3O3/c1-11-6-7-14-13(9-11)20(3)16(22)17(2,23-14)15(21)19-12-5-4-8-18-10-12/h4-10H,1-3H3,(H,19,21). The van der Waals surface area contributed by atoms with Gasteiger partial charge in [-0.2, -0.15) is 0 Å².